The standard InChI is InChI=1S/C22H24F3N5O/c1-15(21-27-18-4-2-3-5-19(18)30(21)22(24)25)29-12-10-28(11-13-29)14-20(31)26-17-8-6-16(23)7-9-17/h2-9,15,22H,10-14H2,1H3,(H,26,31). The summed E-state index contributed by atoms with van der Waals surface area (Å²) in [7, 11) is 0. The lowest BCUT2D eigenvalue weighted by molar-refractivity contribution is -0.117. The third-order valence-electron chi connectivity index (χ3n) is 5.64. The van der Waals surface area contributed by atoms with Crippen molar-refractivity contribution >= 4 is 22.6 Å². The number of para-hydroxylation sites is 2. The van der Waals surface area contributed by atoms with Crippen LogP contribution in [-0.2, 0) is 4.79 Å². The van der Waals surface area contributed by atoms with Crippen molar-refractivity contribution in [3.8, 4) is 0 Å². The second-order valence-corrected chi connectivity index (χ2v) is 7.65. The van der Waals surface area contributed by atoms with E-state index in [1.165, 1.54) is 24.3 Å². The minimum Gasteiger partial charge on any atom is -0.325 e. The summed E-state index contributed by atoms with van der Waals surface area (Å²) < 4.78 is 41.5. The van der Waals surface area contributed by atoms with E-state index in [1.54, 1.807) is 24.3 Å². The number of piperazine rings is 1. The van der Waals surface area contributed by atoms with Gasteiger partial charge in [0.2, 0.25) is 5.91 Å². The molecular formula is C22H24F3N5O. The molecule has 0 bridgehead atoms. The molecule has 0 aliphatic carbocycles. The predicted octanol–water partition coefficient (Wildman–Crippen LogP) is 3.89. The molecule has 1 aliphatic heterocycles. The van der Waals surface area contributed by atoms with E-state index in [1.807, 2.05) is 11.8 Å². The second-order valence-electron chi connectivity index (χ2n) is 7.65. The Hall–Kier alpha value is -2.91. The van der Waals surface area contributed by atoms with Crippen molar-refractivity contribution in [1.82, 2.24) is 19.4 Å². The molecular weight excluding hydrogens is 407 g/mol. The summed E-state index contributed by atoms with van der Waals surface area (Å²) in [6, 6.07) is 12.2. The lowest BCUT2D eigenvalue weighted by atomic mass is 10.2. The van der Waals surface area contributed by atoms with Gasteiger partial charge in [-0.1, -0.05) is 12.1 Å². The van der Waals surface area contributed by atoms with E-state index >= 15 is 0 Å². The first-order valence-electron chi connectivity index (χ1n) is 10.2. The Morgan fingerprint density at radius 3 is 2.42 bits per heavy atom. The Kier molecular flexibility index (Phi) is 6.24. The van der Waals surface area contributed by atoms with Crippen LogP contribution in [0.15, 0.2) is 48.5 Å². The van der Waals surface area contributed by atoms with Gasteiger partial charge in [-0.2, -0.15) is 8.78 Å². The number of nitrogens with one attached hydrogen (secondary N) is 1. The highest BCUT2D eigenvalue weighted by molar-refractivity contribution is 5.92. The van der Waals surface area contributed by atoms with Gasteiger partial charge in [0.1, 0.15) is 11.6 Å². The lowest BCUT2D eigenvalue weighted by Crippen LogP contribution is -2.49. The zero-order valence-corrected chi connectivity index (χ0v) is 17.1. The number of amides is 1. The van der Waals surface area contributed by atoms with E-state index in [0.717, 1.165) is 4.57 Å². The number of benzene rings is 2. The lowest BCUT2D eigenvalue weighted by Gasteiger charge is -2.37. The van der Waals surface area contributed by atoms with E-state index in [4.69, 9.17) is 0 Å². The predicted molar refractivity (Wildman–Crippen MR) is 112 cm³/mol. The van der Waals surface area contributed by atoms with Crippen molar-refractivity contribution in [3.05, 3.63) is 60.2 Å². The fourth-order valence-corrected chi connectivity index (χ4v) is 3.97. The van der Waals surface area contributed by atoms with Crippen molar-refractivity contribution in [1.29, 1.82) is 0 Å². The molecule has 1 amide bonds. The molecule has 1 unspecified atom stereocenters. The number of rotatable bonds is 6. The summed E-state index contributed by atoms with van der Waals surface area (Å²) in [4.78, 5) is 20.8. The summed E-state index contributed by atoms with van der Waals surface area (Å²) in [6.45, 7) is 1.98. The van der Waals surface area contributed by atoms with Gasteiger partial charge in [0.15, 0.2) is 0 Å². The fourth-order valence-electron chi connectivity index (χ4n) is 3.97. The number of imidazole rings is 1. The number of aromatic nitrogens is 2. The summed E-state index contributed by atoms with van der Waals surface area (Å²) in [5, 5.41) is 2.75. The highest BCUT2D eigenvalue weighted by Crippen LogP contribution is 2.29. The number of fused-ring (bicyclic) bond motifs is 1. The Balaban J connectivity index is 1.36. The molecule has 1 atom stereocenters. The van der Waals surface area contributed by atoms with E-state index < -0.39 is 6.55 Å². The van der Waals surface area contributed by atoms with Crippen LogP contribution in [0.2, 0.25) is 0 Å². The molecule has 31 heavy (non-hydrogen) atoms. The summed E-state index contributed by atoms with van der Waals surface area (Å²) in [5.41, 5.74) is 1.53. The molecule has 2 heterocycles. The molecule has 164 valence electrons. The maximum Gasteiger partial charge on any atom is 0.320 e. The number of hydrogen-bond acceptors (Lipinski definition) is 4. The topological polar surface area (TPSA) is 53.4 Å². The number of halogens is 3. The molecule has 6 nitrogen and oxygen atoms in total. The molecule has 9 heteroatoms. The first kappa shape index (κ1) is 21.3. The van der Waals surface area contributed by atoms with Gasteiger partial charge in [0.25, 0.3) is 0 Å². The highest BCUT2D eigenvalue weighted by atomic mass is 19.3. The molecule has 1 saturated heterocycles. The van der Waals surface area contributed by atoms with Crippen LogP contribution in [0.4, 0.5) is 18.9 Å². The Morgan fingerprint density at radius 1 is 1.06 bits per heavy atom. The average Bonchev–Trinajstić information content (AvgIpc) is 3.15. The zero-order chi connectivity index (χ0) is 22.0. The monoisotopic (exact) mass is 431 g/mol. The van der Waals surface area contributed by atoms with Gasteiger partial charge in [0.05, 0.1) is 23.6 Å². The Morgan fingerprint density at radius 2 is 1.74 bits per heavy atom. The van der Waals surface area contributed by atoms with E-state index in [-0.39, 0.29) is 24.3 Å². The number of hydrogen-bond donors (Lipinski definition) is 1. The molecule has 1 N–H and O–H groups in total. The van der Waals surface area contributed by atoms with Gasteiger partial charge in [-0.15, -0.1) is 0 Å². The third kappa shape index (κ3) is 4.72. The van der Waals surface area contributed by atoms with Crippen molar-refractivity contribution in [2.75, 3.05) is 38.0 Å². The van der Waals surface area contributed by atoms with Crippen LogP contribution >= 0.6 is 0 Å². The first-order valence-corrected chi connectivity index (χ1v) is 10.2. The van der Waals surface area contributed by atoms with Crippen LogP contribution in [-0.4, -0.2) is 58.0 Å². The van der Waals surface area contributed by atoms with Crippen molar-refractivity contribution in [3.63, 3.8) is 0 Å². The highest BCUT2D eigenvalue weighted by Gasteiger charge is 2.28. The number of alkyl halides is 2. The van der Waals surface area contributed by atoms with Gasteiger partial charge < -0.3 is 5.32 Å². The quantitative estimate of drug-likeness (QED) is 0.644. The van der Waals surface area contributed by atoms with Gasteiger partial charge >= 0.3 is 6.55 Å². The SMILES string of the molecule is CC(c1nc2ccccc2n1C(F)F)N1CCN(CC(=O)Nc2ccc(F)cc2)CC1. The third-order valence-corrected chi connectivity index (χ3v) is 5.64. The summed E-state index contributed by atoms with van der Waals surface area (Å²) in [6.07, 6.45) is 0. The molecule has 1 aromatic heterocycles. The normalized spacial score (nSPS) is 16.7. The van der Waals surface area contributed by atoms with Gasteiger partial charge in [-0.3, -0.25) is 19.2 Å². The number of nitrogens with zero attached hydrogens (tertiary/aromatic N) is 4. The number of anilines is 1. The van der Waals surface area contributed by atoms with Crippen LogP contribution in [0.5, 0.6) is 0 Å². The Labute approximate surface area is 178 Å². The van der Waals surface area contributed by atoms with Gasteiger partial charge in [0, 0.05) is 31.9 Å². The van der Waals surface area contributed by atoms with Crippen LogP contribution < -0.4 is 5.32 Å². The first-order chi connectivity index (χ1) is 14.9. The Bertz CT molecular complexity index is 1040. The van der Waals surface area contributed by atoms with Crippen molar-refractivity contribution in [2.45, 2.75) is 19.5 Å². The van der Waals surface area contributed by atoms with E-state index in [9.17, 15) is 18.0 Å². The summed E-state index contributed by atoms with van der Waals surface area (Å²) >= 11 is 0. The molecule has 2 aromatic carbocycles. The second kappa shape index (κ2) is 9.07. The minimum absolute atomic E-state index is 0.174. The van der Waals surface area contributed by atoms with E-state index in [0.29, 0.717) is 48.7 Å². The summed E-state index contributed by atoms with van der Waals surface area (Å²) in [5.74, 6) is -0.185. The van der Waals surface area contributed by atoms with Crippen LogP contribution in [0.3, 0.4) is 0 Å². The van der Waals surface area contributed by atoms with Gasteiger partial charge in [-0.25, -0.2) is 9.37 Å². The van der Waals surface area contributed by atoms with Crippen molar-refractivity contribution < 1.29 is 18.0 Å². The zero-order valence-electron chi connectivity index (χ0n) is 17.1. The van der Waals surface area contributed by atoms with Gasteiger partial charge in [-0.05, 0) is 43.3 Å². The minimum atomic E-state index is -2.67. The number of carbonyl (C=O) groups excluding carboxylic acids is 1. The number of carbonyl (C=O) groups is 1. The van der Waals surface area contributed by atoms with Crippen LogP contribution in [0.1, 0.15) is 25.3 Å². The van der Waals surface area contributed by atoms with Crippen molar-refractivity contribution in [2.24, 2.45) is 0 Å². The molecule has 1 aliphatic rings. The smallest absolute Gasteiger partial charge is 0.320 e. The molecule has 0 radical (unpaired) electrons. The van der Waals surface area contributed by atoms with E-state index in [2.05, 4.69) is 15.2 Å². The molecule has 3 aromatic rings. The van der Waals surface area contributed by atoms with Crippen LogP contribution in [0, 0.1) is 5.82 Å². The maximum absolute atomic E-state index is 13.8. The maximum atomic E-state index is 13.8. The molecule has 0 spiro atoms. The molecule has 1 fully saturated rings. The fraction of sp³-hybridized carbons (Fsp3) is 0.364. The molecule has 4 rings (SSSR count). The molecule has 0 saturated carbocycles. The largest absolute Gasteiger partial charge is 0.325 e. The average molecular weight is 431 g/mol. The van der Waals surface area contributed by atoms with Crippen LogP contribution in [0.25, 0.3) is 11.0 Å².